The van der Waals surface area contributed by atoms with Gasteiger partial charge in [0.15, 0.2) is 11.4 Å². The van der Waals surface area contributed by atoms with Crippen LogP contribution < -0.4 is 15.4 Å². The molecule has 1 aromatic heterocycles. The zero-order valence-electron chi connectivity index (χ0n) is 18.0. The fraction of sp³-hybridized carbons (Fsp3) is 0.500. The van der Waals surface area contributed by atoms with Gasteiger partial charge in [0.2, 0.25) is 5.91 Å². The first-order valence-corrected chi connectivity index (χ1v) is 10.6. The Morgan fingerprint density at radius 2 is 1.90 bits per heavy atom. The largest absolute Gasteiger partial charge is 0.508 e. The van der Waals surface area contributed by atoms with Gasteiger partial charge in [-0.15, -0.1) is 0 Å². The van der Waals surface area contributed by atoms with Gasteiger partial charge in [-0.3, -0.25) is 4.79 Å². The number of carbonyl (C=O) groups is 2. The second-order valence-corrected chi connectivity index (χ2v) is 8.02. The summed E-state index contributed by atoms with van der Waals surface area (Å²) in [7, 11) is 0. The minimum Gasteiger partial charge on any atom is -0.508 e. The molecule has 1 aromatic carbocycles. The molecule has 9 nitrogen and oxygen atoms in total. The summed E-state index contributed by atoms with van der Waals surface area (Å²) in [5.74, 6) is -0.876. The Morgan fingerprint density at radius 1 is 1.19 bits per heavy atom. The first-order valence-electron chi connectivity index (χ1n) is 10.6. The predicted octanol–water partition coefficient (Wildman–Crippen LogP) is 4.50. The lowest BCUT2D eigenvalue weighted by molar-refractivity contribution is -0.120. The molecule has 0 spiro atoms. The average molecular weight is 431 g/mol. The van der Waals surface area contributed by atoms with E-state index in [0.717, 1.165) is 32.1 Å². The number of hydrogen-bond acceptors (Lipinski definition) is 7. The standard InChI is InChI=1S/C22H29N3O6/c1-4-23-22(29)30-21-18(24-20(28)13-8-6-5-7-9-13)19(31-25-21)15-10-14(12(2)3)16(26)11-17(15)27/h10-13,26-27H,4-9H2,1-3H3,(H,23,29)(H,24,28). The van der Waals surface area contributed by atoms with Gasteiger partial charge in [0, 0.05) is 18.5 Å². The Morgan fingerprint density at radius 3 is 2.55 bits per heavy atom. The predicted molar refractivity (Wildman–Crippen MR) is 114 cm³/mol. The third-order valence-corrected chi connectivity index (χ3v) is 5.41. The Hall–Kier alpha value is -3.23. The van der Waals surface area contributed by atoms with Crippen molar-refractivity contribution in [1.29, 1.82) is 0 Å². The topological polar surface area (TPSA) is 134 Å². The minimum absolute atomic E-state index is 0.0337. The molecule has 0 unspecified atom stereocenters. The maximum absolute atomic E-state index is 12.9. The Bertz CT molecular complexity index is 947. The van der Waals surface area contributed by atoms with Crippen LogP contribution in [-0.4, -0.2) is 33.9 Å². The van der Waals surface area contributed by atoms with Crippen molar-refractivity contribution < 1.29 is 29.1 Å². The molecule has 168 valence electrons. The van der Waals surface area contributed by atoms with E-state index in [4.69, 9.17) is 9.26 Å². The summed E-state index contributed by atoms with van der Waals surface area (Å²) in [5.41, 5.74) is 0.871. The number of phenolic OH excluding ortho intramolecular Hbond substituents is 2. The number of nitrogens with one attached hydrogen (secondary N) is 2. The lowest BCUT2D eigenvalue weighted by Crippen LogP contribution is -2.28. The van der Waals surface area contributed by atoms with Gasteiger partial charge >= 0.3 is 6.09 Å². The SMILES string of the molecule is CCNC(=O)Oc1noc(-c2cc(C(C)C)c(O)cc2O)c1NC(=O)C1CCCCC1. The fourth-order valence-corrected chi connectivity index (χ4v) is 3.74. The van der Waals surface area contributed by atoms with E-state index in [-0.39, 0.29) is 52.1 Å². The van der Waals surface area contributed by atoms with Crippen molar-refractivity contribution in [1.82, 2.24) is 10.5 Å². The molecule has 1 saturated carbocycles. The quantitative estimate of drug-likeness (QED) is 0.529. The average Bonchev–Trinajstić information content (AvgIpc) is 3.10. The summed E-state index contributed by atoms with van der Waals surface area (Å²) in [6, 6.07) is 2.78. The van der Waals surface area contributed by atoms with Crippen molar-refractivity contribution in [3.05, 3.63) is 17.7 Å². The second kappa shape index (κ2) is 9.72. The normalized spacial score (nSPS) is 14.5. The van der Waals surface area contributed by atoms with E-state index >= 15 is 0 Å². The lowest BCUT2D eigenvalue weighted by Gasteiger charge is -2.20. The van der Waals surface area contributed by atoms with Crippen LogP contribution in [0.15, 0.2) is 16.7 Å². The van der Waals surface area contributed by atoms with Gasteiger partial charge in [0.25, 0.3) is 5.88 Å². The molecule has 31 heavy (non-hydrogen) atoms. The molecule has 0 atom stereocenters. The molecule has 0 radical (unpaired) electrons. The molecule has 1 fully saturated rings. The highest BCUT2D eigenvalue weighted by molar-refractivity contribution is 5.98. The first-order chi connectivity index (χ1) is 14.8. The van der Waals surface area contributed by atoms with Gasteiger partial charge in [-0.05, 0) is 42.5 Å². The van der Waals surface area contributed by atoms with Crippen molar-refractivity contribution in [3.8, 4) is 28.7 Å². The van der Waals surface area contributed by atoms with Gasteiger partial charge in [0.05, 0.1) is 5.56 Å². The van der Waals surface area contributed by atoms with E-state index in [1.807, 2.05) is 13.8 Å². The van der Waals surface area contributed by atoms with E-state index in [1.165, 1.54) is 6.07 Å². The lowest BCUT2D eigenvalue weighted by atomic mass is 9.88. The number of nitrogens with zero attached hydrogens (tertiary/aromatic N) is 1. The summed E-state index contributed by atoms with van der Waals surface area (Å²) in [6.07, 6.45) is 3.88. The number of rotatable bonds is 6. The second-order valence-electron chi connectivity index (χ2n) is 8.02. The first kappa shape index (κ1) is 22.5. The maximum atomic E-state index is 12.9. The summed E-state index contributed by atoms with van der Waals surface area (Å²) < 4.78 is 10.6. The summed E-state index contributed by atoms with van der Waals surface area (Å²) in [5, 5.41) is 29.7. The summed E-state index contributed by atoms with van der Waals surface area (Å²) in [6.45, 7) is 5.88. The van der Waals surface area contributed by atoms with Crippen molar-refractivity contribution >= 4 is 17.7 Å². The Kier molecular flexibility index (Phi) is 7.04. The number of benzene rings is 1. The van der Waals surface area contributed by atoms with Gasteiger partial charge in [-0.1, -0.05) is 33.1 Å². The molecule has 0 saturated heterocycles. The number of aromatic nitrogens is 1. The Labute approximate surface area is 180 Å². The number of carbonyl (C=O) groups excluding carboxylic acids is 2. The molecule has 3 rings (SSSR count). The molecule has 4 N–H and O–H groups in total. The number of aromatic hydroxyl groups is 2. The minimum atomic E-state index is -0.742. The van der Waals surface area contributed by atoms with E-state index in [0.29, 0.717) is 12.1 Å². The van der Waals surface area contributed by atoms with E-state index in [1.54, 1.807) is 13.0 Å². The van der Waals surface area contributed by atoms with Crippen LogP contribution in [-0.2, 0) is 4.79 Å². The third-order valence-electron chi connectivity index (χ3n) is 5.41. The van der Waals surface area contributed by atoms with Crippen molar-refractivity contribution in [3.63, 3.8) is 0 Å². The molecule has 1 aliphatic rings. The van der Waals surface area contributed by atoms with E-state index in [2.05, 4.69) is 15.8 Å². The zero-order chi connectivity index (χ0) is 22.5. The number of ether oxygens (including phenoxy) is 1. The number of hydrogen-bond donors (Lipinski definition) is 4. The van der Waals surface area contributed by atoms with Crippen LogP contribution in [0.4, 0.5) is 10.5 Å². The highest BCUT2D eigenvalue weighted by Crippen LogP contribution is 2.44. The van der Waals surface area contributed by atoms with Crippen LogP contribution in [0.3, 0.4) is 0 Å². The van der Waals surface area contributed by atoms with Crippen molar-refractivity contribution in [2.75, 3.05) is 11.9 Å². The monoisotopic (exact) mass is 431 g/mol. The smallest absolute Gasteiger partial charge is 0.414 e. The maximum Gasteiger partial charge on any atom is 0.414 e. The van der Waals surface area contributed by atoms with Crippen LogP contribution in [0, 0.1) is 5.92 Å². The van der Waals surface area contributed by atoms with Crippen LogP contribution >= 0.6 is 0 Å². The van der Waals surface area contributed by atoms with E-state index in [9.17, 15) is 19.8 Å². The molecule has 9 heteroatoms. The zero-order valence-corrected chi connectivity index (χ0v) is 18.0. The van der Waals surface area contributed by atoms with Crippen LogP contribution in [0.5, 0.6) is 17.4 Å². The molecule has 1 heterocycles. The van der Waals surface area contributed by atoms with Crippen molar-refractivity contribution in [2.45, 2.75) is 58.8 Å². The fourth-order valence-electron chi connectivity index (χ4n) is 3.74. The van der Waals surface area contributed by atoms with Crippen LogP contribution in [0.2, 0.25) is 0 Å². The summed E-state index contributed by atoms with van der Waals surface area (Å²) in [4.78, 5) is 24.8. The number of anilines is 1. The van der Waals surface area contributed by atoms with Gasteiger partial charge in [-0.25, -0.2) is 4.79 Å². The highest BCUT2D eigenvalue weighted by Gasteiger charge is 2.29. The van der Waals surface area contributed by atoms with Crippen LogP contribution in [0.1, 0.15) is 64.4 Å². The molecular formula is C22H29N3O6. The highest BCUT2D eigenvalue weighted by atomic mass is 16.6. The molecular weight excluding hydrogens is 402 g/mol. The van der Waals surface area contributed by atoms with Gasteiger partial charge < -0.3 is 30.1 Å². The van der Waals surface area contributed by atoms with Crippen molar-refractivity contribution in [2.24, 2.45) is 5.92 Å². The number of phenols is 2. The third kappa shape index (κ3) is 5.10. The number of amides is 2. The molecule has 1 aliphatic carbocycles. The molecule has 0 bridgehead atoms. The Balaban J connectivity index is 2.02. The van der Waals surface area contributed by atoms with Gasteiger partial charge in [-0.2, -0.15) is 0 Å². The summed E-state index contributed by atoms with van der Waals surface area (Å²) >= 11 is 0. The molecule has 2 amide bonds. The van der Waals surface area contributed by atoms with Crippen LogP contribution in [0.25, 0.3) is 11.3 Å². The van der Waals surface area contributed by atoms with Gasteiger partial charge in [0.1, 0.15) is 11.5 Å². The van der Waals surface area contributed by atoms with E-state index < -0.39 is 6.09 Å². The molecule has 0 aliphatic heterocycles. The molecule has 2 aromatic rings.